The van der Waals surface area contributed by atoms with E-state index in [9.17, 15) is 22.8 Å². The molecule has 3 amide bonds. The van der Waals surface area contributed by atoms with Gasteiger partial charge in [-0.15, -0.1) is 0 Å². The van der Waals surface area contributed by atoms with Gasteiger partial charge < -0.3 is 20.1 Å². The molecule has 0 spiro atoms. The molecule has 0 radical (unpaired) electrons. The summed E-state index contributed by atoms with van der Waals surface area (Å²) in [5.41, 5.74) is 1.71. The Bertz CT molecular complexity index is 1420. The average molecular weight is 537 g/mol. The molecular formula is C30H31F3N4O2. The lowest BCUT2D eigenvalue weighted by atomic mass is 10.1. The van der Waals surface area contributed by atoms with Crippen LogP contribution < -0.4 is 5.32 Å². The predicted molar refractivity (Wildman–Crippen MR) is 146 cm³/mol. The molecule has 204 valence electrons. The molecule has 0 aliphatic heterocycles. The highest BCUT2D eigenvalue weighted by atomic mass is 19.4. The Balaban J connectivity index is 1.52. The second-order valence-electron chi connectivity index (χ2n) is 9.61. The molecular weight excluding hydrogens is 505 g/mol. The minimum absolute atomic E-state index is 0.279. The SMILES string of the molecule is CC(C)N(CC(=O)N(CCc1c[nH]c2ccccc12)Cc1ccccc1)C(=O)Nc1ccccc1C(F)(F)F. The van der Waals surface area contributed by atoms with Gasteiger partial charge in [-0.1, -0.05) is 60.7 Å². The third kappa shape index (κ3) is 6.98. The van der Waals surface area contributed by atoms with E-state index in [2.05, 4.69) is 10.3 Å². The number of nitrogens with one attached hydrogen (secondary N) is 2. The van der Waals surface area contributed by atoms with Crippen molar-refractivity contribution in [3.8, 4) is 0 Å². The van der Waals surface area contributed by atoms with Crippen LogP contribution in [0.2, 0.25) is 0 Å². The predicted octanol–water partition coefficient (Wildman–Crippen LogP) is 6.70. The van der Waals surface area contributed by atoms with Gasteiger partial charge in [0.05, 0.1) is 11.3 Å². The summed E-state index contributed by atoms with van der Waals surface area (Å²) in [6, 6.07) is 21.0. The summed E-state index contributed by atoms with van der Waals surface area (Å²) in [5, 5.41) is 3.44. The zero-order valence-corrected chi connectivity index (χ0v) is 21.8. The number of rotatable bonds is 9. The van der Waals surface area contributed by atoms with Gasteiger partial charge in [0.25, 0.3) is 0 Å². The van der Waals surface area contributed by atoms with Gasteiger partial charge in [-0.3, -0.25) is 4.79 Å². The molecule has 0 aliphatic carbocycles. The number of alkyl halides is 3. The molecule has 0 aliphatic rings. The highest BCUT2D eigenvalue weighted by Gasteiger charge is 2.34. The summed E-state index contributed by atoms with van der Waals surface area (Å²) >= 11 is 0. The molecule has 0 unspecified atom stereocenters. The van der Waals surface area contributed by atoms with Gasteiger partial charge in [0.15, 0.2) is 0 Å². The summed E-state index contributed by atoms with van der Waals surface area (Å²) < 4.78 is 40.4. The van der Waals surface area contributed by atoms with Crippen molar-refractivity contribution in [3.63, 3.8) is 0 Å². The fraction of sp³-hybridized carbons (Fsp3) is 0.267. The third-order valence-corrected chi connectivity index (χ3v) is 6.56. The minimum Gasteiger partial charge on any atom is -0.361 e. The largest absolute Gasteiger partial charge is 0.418 e. The Morgan fingerprint density at radius 1 is 0.923 bits per heavy atom. The molecule has 3 aromatic carbocycles. The summed E-state index contributed by atoms with van der Waals surface area (Å²) in [6.07, 6.45) is -2.10. The fourth-order valence-corrected chi connectivity index (χ4v) is 4.45. The van der Waals surface area contributed by atoms with E-state index in [4.69, 9.17) is 0 Å². The summed E-state index contributed by atoms with van der Waals surface area (Å²) in [7, 11) is 0. The summed E-state index contributed by atoms with van der Waals surface area (Å²) in [4.78, 5) is 32.9. The van der Waals surface area contributed by atoms with Crippen LogP contribution in [0.15, 0.2) is 85.1 Å². The molecule has 4 aromatic rings. The van der Waals surface area contributed by atoms with E-state index in [1.54, 1.807) is 18.7 Å². The molecule has 1 aromatic heterocycles. The average Bonchev–Trinajstić information content (AvgIpc) is 3.32. The number of benzene rings is 3. The quantitative estimate of drug-likeness (QED) is 0.250. The Labute approximate surface area is 225 Å². The van der Waals surface area contributed by atoms with E-state index in [0.29, 0.717) is 19.5 Å². The number of urea groups is 1. The molecule has 39 heavy (non-hydrogen) atoms. The number of carbonyl (C=O) groups excluding carboxylic acids is 2. The minimum atomic E-state index is -4.63. The van der Waals surface area contributed by atoms with Crippen LogP contribution in [0.1, 0.15) is 30.5 Å². The van der Waals surface area contributed by atoms with E-state index in [-0.39, 0.29) is 18.1 Å². The number of aromatic nitrogens is 1. The van der Waals surface area contributed by atoms with Crippen molar-refractivity contribution in [1.29, 1.82) is 0 Å². The van der Waals surface area contributed by atoms with Gasteiger partial charge in [0.1, 0.15) is 6.54 Å². The number of nitrogens with zero attached hydrogens (tertiary/aromatic N) is 2. The number of amides is 3. The second kappa shape index (κ2) is 12.1. The van der Waals surface area contributed by atoms with Gasteiger partial charge in [-0.2, -0.15) is 13.2 Å². The molecule has 0 saturated carbocycles. The lowest BCUT2D eigenvalue weighted by Gasteiger charge is -2.30. The van der Waals surface area contributed by atoms with E-state index in [1.165, 1.54) is 23.1 Å². The molecule has 4 rings (SSSR count). The number of carbonyl (C=O) groups is 2. The van der Waals surface area contributed by atoms with Crippen molar-refractivity contribution in [2.45, 2.75) is 39.0 Å². The number of H-pyrrole nitrogens is 1. The van der Waals surface area contributed by atoms with Crippen LogP contribution in [0.5, 0.6) is 0 Å². The lowest BCUT2D eigenvalue weighted by molar-refractivity contribution is -0.137. The first-order valence-corrected chi connectivity index (χ1v) is 12.7. The first-order valence-electron chi connectivity index (χ1n) is 12.7. The van der Waals surface area contributed by atoms with Crippen LogP contribution in [0, 0.1) is 0 Å². The number of fused-ring (bicyclic) bond motifs is 1. The van der Waals surface area contributed by atoms with Gasteiger partial charge >= 0.3 is 12.2 Å². The number of hydrogen-bond acceptors (Lipinski definition) is 2. The molecule has 0 atom stereocenters. The van der Waals surface area contributed by atoms with E-state index < -0.39 is 23.8 Å². The lowest BCUT2D eigenvalue weighted by Crippen LogP contribution is -2.47. The van der Waals surface area contributed by atoms with Crippen LogP contribution in [-0.4, -0.2) is 45.9 Å². The zero-order valence-electron chi connectivity index (χ0n) is 21.8. The van der Waals surface area contributed by atoms with Crippen molar-refractivity contribution in [3.05, 3.63) is 102 Å². The van der Waals surface area contributed by atoms with Crippen LogP contribution in [-0.2, 0) is 23.9 Å². The standard InChI is InChI=1S/C30H31F3N4O2/c1-21(2)37(29(39)35-27-15-9-7-13-25(27)30(31,32)33)20-28(38)36(19-22-10-4-3-5-11-22)17-16-23-18-34-26-14-8-6-12-24(23)26/h3-15,18,21,34H,16-17,19-20H2,1-2H3,(H,35,39). The Hall–Kier alpha value is -4.27. The number of halogens is 3. The normalized spacial score (nSPS) is 11.5. The maximum Gasteiger partial charge on any atom is 0.418 e. The van der Waals surface area contributed by atoms with Crippen LogP contribution >= 0.6 is 0 Å². The van der Waals surface area contributed by atoms with E-state index in [1.807, 2.05) is 60.8 Å². The molecule has 1 heterocycles. The molecule has 0 fully saturated rings. The topological polar surface area (TPSA) is 68.4 Å². The molecule has 9 heteroatoms. The van der Waals surface area contributed by atoms with Gasteiger partial charge in [0.2, 0.25) is 5.91 Å². The number of para-hydroxylation sites is 2. The monoisotopic (exact) mass is 536 g/mol. The smallest absolute Gasteiger partial charge is 0.361 e. The first kappa shape index (κ1) is 27.8. The van der Waals surface area contributed by atoms with Crippen molar-refractivity contribution in [1.82, 2.24) is 14.8 Å². The maximum absolute atomic E-state index is 13.6. The third-order valence-electron chi connectivity index (χ3n) is 6.56. The molecule has 6 nitrogen and oxygen atoms in total. The maximum atomic E-state index is 13.6. The zero-order chi connectivity index (χ0) is 28.0. The highest BCUT2D eigenvalue weighted by molar-refractivity contribution is 5.93. The van der Waals surface area contributed by atoms with Gasteiger partial charge in [0, 0.05) is 36.2 Å². The molecule has 2 N–H and O–H groups in total. The van der Waals surface area contributed by atoms with Crippen LogP contribution in [0.4, 0.5) is 23.7 Å². The van der Waals surface area contributed by atoms with E-state index >= 15 is 0 Å². The highest BCUT2D eigenvalue weighted by Crippen LogP contribution is 2.34. The molecule has 0 bridgehead atoms. The summed E-state index contributed by atoms with van der Waals surface area (Å²) in [5.74, 6) is -0.299. The second-order valence-corrected chi connectivity index (χ2v) is 9.61. The number of aromatic amines is 1. The Morgan fingerprint density at radius 3 is 2.31 bits per heavy atom. The van der Waals surface area contributed by atoms with Crippen molar-refractivity contribution in [2.75, 3.05) is 18.4 Å². The Morgan fingerprint density at radius 2 is 1.59 bits per heavy atom. The number of anilines is 1. The van der Waals surface area contributed by atoms with Crippen molar-refractivity contribution >= 4 is 28.5 Å². The van der Waals surface area contributed by atoms with Crippen LogP contribution in [0.3, 0.4) is 0 Å². The number of hydrogen-bond donors (Lipinski definition) is 2. The van der Waals surface area contributed by atoms with E-state index in [0.717, 1.165) is 28.1 Å². The van der Waals surface area contributed by atoms with Crippen molar-refractivity contribution < 1.29 is 22.8 Å². The fourth-order valence-electron chi connectivity index (χ4n) is 4.45. The first-order chi connectivity index (χ1) is 18.6. The summed E-state index contributed by atoms with van der Waals surface area (Å²) in [6.45, 7) is 3.90. The van der Waals surface area contributed by atoms with Gasteiger partial charge in [-0.05, 0) is 49.6 Å². The van der Waals surface area contributed by atoms with Crippen molar-refractivity contribution in [2.24, 2.45) is 0 Å². The van der Waals surface area contributed by atoms with Gasteiger partial charge in [-0.25, -0.2) is 4.79 Å². The Kier molecular flexibility index (Phi) is 8.59. The molecule has 0 saturated heterocycles. The van der Waals surface area contributed by atoms with Crippen LogP contribution in [0.25, 0.3) is 10.9 Å².